The zero-order chi connectivity index (χ0) is 21.3. The van der Waals surface area contributed by atoms with Gasteiger partial charge in [0, 0.05) is 31.5 Å². The van der Waals surface area contributed by atoms with Crippen LogP contribution in [0.3, 0.4) is 0 Å². The first-order valence-corrected chi connectivity index (χ1v) is 10.3. The summed E-state index contributed by atoms with van der Waals surface area (Å²) in [5, 5.41) is 2.68. The van der Waals surface area contributed by atoms with Crippen LogP contribution in [0.2, 0.25) is 0 Å². The molecule has 30 heavy (non-hydrogen) atoms. The van der Waals surface area contributed by atoms with Crippen molar-refractivity contribution in [3.8, 4) is 5.75 Å². The van der Waals surface area contributed by atoms with Gasteiger partial charge in [-0.05, 0) is 49.2 Å². The van der Waals surface area contributed by atoms with E-state index < -0.39 is 5.60 Å². The Labute approximate surface area is 176 Å². The molecular weight excluding hydrogens is 380 g/mol. The molecule has 4 rings (SSSR count). The lowest BCUT2D eigenvalue weighted by atomic mass is 9.82. The second-order valence-corrected chi connectivity index (χ2v) is 8.25. The lowest BCUT2D eigenvalue weighted by Gasteiger charge is -2.44. The van der Waals surface area contributed by atoms with Gasteiger partial charge in [0.2, 0.25) is 5.91 Å². The number of nitrogens with zero attached hydrogens (tertiary/aromatic N) is 1. The highest BCUT2D eigenvalue weighted by atomic mass is 16.5. The first kappa shape index (κ1) is 20.1. The number of nitrogens with one attached hydrogen (secondary N) is 1. The zero-order valence-electron chi connectivity index (χ0n) is 17.4. The molecule has 2 amide bonds. The molecule has 2 heterocycles. The van der Waals surface area contributed by atoms with Gasteiger partial charge >= 0.3 is 0 Å². The Kier molecular flexibility index (Phi) is 5.33. The van der Waals surface area contributed by atoms with Gasteiger partial charge in [0.05, 0.1) is 18.5 Å². The van der Waals surface area contributed by atoms with Crippen LogP contribution in [0, 0.1) is 13.8 Å². The quantitative estimate of drug-likeness (QED) is 0.850. The molecule has 1 spiro atoms. The molecule has 0 aromatic heterocycles. The summed E-state index contributed by atoms with van der Waals surface area (Å²) in [6.07, 6.45) is 1.54. The Bertz CT molecular complexity index is 992. The number of amides is 2. The van der Waals surface area contributed by atoms with Crippen LogP contribution in [0.25, 0.3) is 0 Å². The second kappa shape index (κ2) is 7.94. The molecule has 0 saturated carbocycles. The number of ether oxygens (including phenoxy) is 1. The zero-order valence-corrected chi connectivity index (χ0v) is 17.4. The third-order valence-corrected chi connectivity index (χ3v) is 6.17. The summed E-state index contributed by atoms with van der Waals surface area (Å²) in [5.74, 6) is 0.377. The molecule has 2 aromatic carbocycles. The van der Waals surface area contributed by atoms with Gasteiger partial charge in [0.15, 0.2) is 5.78 Å². The molecule has 6 nitrogen and oxygen atoms in total. The number of hydrogen-bond acceptors (Lipinski definition) is 4. The van der Waals surface area contributed by atoms with Gasteiger partial charge in [-0.2, -0.15) is 0 Å². The Balaban J connectivity index is 1.35. The summed E-state index contributed by atoms with van der Waals surface area (Å²) < 4.78 is 6.32. The minimum Gasteiger partial charge on any atom is -0.486 e. The van der Waals surface area contributed by atoms with Gasteiger partial charge in [-0.3, -0.25) is 14.4 Å². The summed E-state index contributed by atoms with van der Waals surface area (Å²) in [7, 11) is 0. The topological polar surface area (TPSA) is 75.7 Å². The third-order valence-electron chi connectivity index (χ3n) is 6.17. The van der Waals surface area contributed by atoms with Crippen LogP contribution in [-0.2, 0) is 4.79 Å². The van der Waals surface area contributed by atoms with Gasteiger partial charge in [-0.25, -0.2) is 0 Å². The van der Waals surface area contributed by atoms with Crippen molar-refractivity contribution in [2.75, 3.05) is 19.6 Å². The fourth-order valence-corrected chi connectivity index (χ4v) is 4.15. The van der Waals surface area contributed by atoms with Crippen LogP contribution < -0.4 is 10.1 Å². The van der Waals surface area contributed by atoms with Crippen LogP contribution in [0.4, 0.5) is 0 Å². The molecule has 6 heteroatoms. The summed E-state index contributed by atoms with van der Waals surface area (Å²) in [6, 6.07) is 12.7. The van der Waals surface area contributed by atoms with E-state index in [4.69, 9.17) is 4.74 Å². The molecule has 1 saturated heterocycles. The van der Waals surface area contributed by atoms with Crippen molar-refractivity contribution in [1.29, 1.82) is 0 Å². The number of Topliss-reactive ketones (excluding diaryl/α,β-unsaturated/α-hetero) is 1. The van der Waals surface area contributed by atoms with Crippen molar-refractivity contribution in [3.63, 3.8) is 0 Å². The van der Waals surface area contributed by atoms with E-state index in [0.29, 0.717) is 49.2 Å². The minimum absolute atomic E-state index is 0.0399. The molecule has 2 aliphatic rings. The highest BCUT2D eigenvalue weighted by molar-refractivity contribution is 6.00. The van der Waals surface area contributed by atoms with E-state index in [-0.39, 0.29) is 24.1 Å². The number of carbonyl (C=O) groups is 3. The standard InChI is InChI=1S/C24H26N2O4/c1-16-12-19-20(27)14-24(30-21(19)13-17(16)2)8-10-26(11-9-24)22(28)15-25-23(29)18-6-4-3-5-7-18/h3-7,12-13H,8-11,14-15H2,1-2H3,(H,25,29). The minimum atomic E-state index is -0.546. The number of hydrogen-bond donors (Lipinski definition) is 1. The fourth-order valence-electron chi connectivity index (χ4n) is 4.15. The Morgan fingerprint density at radius 2 is 1.73 bits per heavy atom. The van der Waals surface area contributed by atoms with Crippen LogP contribution in [0.15, 0.2) is 42.5 Å². The molecule has 2 aromatic rings. The lowest BCUT2D eigenvalue weighted by Crippen LogP contribution is -2.53. The molecule has 2 aliphatic heterocycles. The molecule has 0 atom stereocenters. The highest BCUT2D eigenvalue weighted by Gasteiger charge is 2.43. The summed E-state index contributed by atoms with van der Waals surface area (Å²) in [4.78, 5) is 39.2. The van der Waals surface area contributed by atoms with E-state index in [1.54, 1.807) is 29.2 Å². The normalized spacial score (nSPS) is 17.3. The number of fused-ring (bicyclic) bond motifs is 1. The van der Waals surface area contributed by atoms with Crippen molar-refractivity contribution >= 4 is 17.6 Å². The number of rotatable bonds is 3. The van der Waals surface area contributed by atoms with Crippen LogP contribution in [0.5, 0.6) is 5.75 Å². The molecule has 0 aliphatic carbocycles. The van der Waals surface area contributed by atoms with Gasteiger partial charge in [-0.1, -0.05) is 18.2 Å². The second-order valence-electron chi connectivity index (χ2n) is 8.25. The Hall–Kier alpha value is -3.15. The van der Waals surface area contributed by atoms with Crippen molar-refractivity contribution in [1.82, 2.24) is 10.2 Å². The van der Waals surface area contributed by atoms with Crippen LogP contribution in [-0.4, -0.2) is 47.7 Å². The largest absolute Gasteiger partial charge is 0.486 e. The highest BCUT2D eigenvalue weighted by Crippen LogP contribution is 2.40. The predicted molar refractivity (Wildman–Crippen MR) is 113 cm³/mol. The van der Waals surface area contributed by atoms with Crippen LogP contribution >= 0.6 is 0 Å². The van der Waals surface area contributed by atoms with E-state index in [1.807, 2.05) is 32.0 Å². The first-order chi connectivity index (χ1) is 14.4. The van der Waals surface area contributed by atoms with E-state index in [1.165, 1.54) is 0 Å². The molecular formula is C24H26N2O4. The Morgan fingerprint density at radius 3 is 2.43 bits per heavy atom. The predicted octanol–water partition coefficient (Wildman–Crippen LogP) is 3.06. The SMILES string of the molecule is Cc1cc2c(cc1C)C(=O)CC1(CCN(C(=O)CNC(=O)c3ccccc3)CC1)O2. The fraction of sp³-hybridized carbons (Fsp3) is 0.375. The van der Waals surface area contributed by atoms with E-state index in [0.717, 1.165) is 11.1 Å². The maximum Gasteiger partial charge on any atom is 0.251 e. The monoisotopic (exact) mass is 406 g/mol. The summed E-state index contributed by atoms with van der Waals surface area (Å²) >= 11 is 0. The number of aryl methyl sites for hydroxylation is 2. The number of carbonyl (C=O) groups excluding carboxylic acids is 3. The average molecular weight is 406 g/mol. The van der Waals surface area contributed by atoms with Gasteiger partial charge < -0.3 is 15.0 Å². The molecule has 156 valence electrons. The average Bonchev–Trinajstić information content (AvgIpc) is 2.74. The van der Waals surface area contributed by atoms with Gasteiger partial charge in [0.1, 0.15) is 11.4 Å². The summed E-state index contributed by atoms with van der Waals surface area (Å²) in [6.45, 7) is 4.98. The first-order valence-electron chi connectivity index (χ1n) is 10.3. The van der Waals surface area contributed by atoms with Crippen molar-refractivity contribution < 1.29 is 19.1 Å². The van der Waals surface area contributed by atoms with Crippen molar-refractivity contribution in [2.24, 2.45) is 0 Å². The lowest BCUT2D eigenvalue weighted by molar-refractivity contribution is -0.133. The molecule has 0 bridgehead atoms. The maximum atomic E-state index is 12.7. The van der Waals surface area contributed by atoms with E-state index in [9.17, 15) is 14.4 Å². The molecule has 0 radical (unpaired) electrons. The Morgan fingerprint density at radius 1 is 1.07 bits per heavy atom. The molecule has 1 fully saturated rings. The number of likely N-dealkylation sites (tertiary alicyclic amines) is 1. The number of benzene rings is 2. The van der Waals surface area contributed by atoms with Crippen LogP contribution in [0.1, 0.15) is 51.1 Å². The van der Waals surface area contributed by atoms with Crippen molar-refractivity contribution in [2.45, 2.75) is 38.7 Å². The van der Waals surface area contributed by atoms with Gasteiger partial charge in [-0.15, -0.1) is 0 Å². The number of piperidine rings is 1. The number of ketones is 1. The third kappa shape index (κ3) is 3.95. The smallest absolute Gasteiger partial charge is 0.251 e. The summed E-state index contributed by atoms with van der Waals surface area (Å²) in [5.41, 5.74) is 2.82. The maximum absolute atomic E-state index is 12.7. The molecule has 1 N–H and O–H groups in total. The van der Waals surface area contributed by atoms with Gasteiger partial charge in [0.25, 0.3) is 5.91 Å². The van der Waals surface area contributed by atoms with Crippen molar-refractivity contribution in [3.05, 3.63) is 64.7 Å². The molecule has 0 unspecified atom stereocenters. The van der Waals surface area contributed by atoms with E-state index >= 15 is 0 Å². The van der Waals surface area contributed by atoms with E-state index in [2.05, 4.69) is 5.32 Å².